The van der Waals surface area contributed by atoms with Gasteiger partial charge in [0.2, 0.25) is 0 Å². The fourth-order valence-electron chi connectivity index (χ4n) is 6.77. The summed E-state index contributed by atoms with van der Waals surface area (Å²) >= 11 is 2.58. The second-order valence-corrected chi connectivity index (χ2v) is 14.0. The molecule has 4 heterocycles. The first-order valence-electron chi connectivity index (χ1n) is 14.0. The molecule has 0 N–H and O–H groups in total. The Morgan fingerprint density at radius 1 is 0.587 bits per heavy atom. The number of rotatable bonds is 4. The molecule has 0 spiro atoms. The van der Waals surface area contributed by atoms with Gasteiger partial charge in [-0.15, -0.1) is 22.7 Å². The van der Waals surface area contributed by atoms with Crippen molar-refractivity contribution in [1.82, 2.24) is 0 Å². The molecule has 2 aliphatic rings. The molecule has 0 aliphatic heterocycles. The van der Waals surface area contributed by atoms with Gasteiger partial charge in [0.25, 0.3) is 0 Å². The van der Waals surface area contributed by atoms with Crippen molar-refractivity contribution in [1.29, 1.82) is 0 Å². The average Bonchev–Trinajstić information content (AvgIpc) is 3.81. The number of furan rings is 2. The topological polar surface area (TPSA) is 44.7 Å². The number of hydrogen-bond acceptors (Lipinski definition) is 6. The molecular formula is C34H22F6O4S2. The second-order valence-electron chi connectivity index (χ2n) is 11.4. The van der Waals surface area contributed by atoms with Crippen LogP contribution in [0.2, 0.25) is 0 Å². The van der Waals surface area contributed by atoms with Gasteiger partial charge in [-0.2, -0.15) is 26.3 Å². The first-order valence-corrected chi connectivity index (χ1v) is 15.7. The molecule has 4 nitrogen and oxygen atoms in total. The fraction of sp³-hybridized carbons (Fsp3) is 0.235. The van der Waals surface area contributed by atoms with Crippen molar-refractivity contribution in [3.8, 4) is 11.5 Å². The van der Waals surface area contributed by atoms with E-state index in [9.17, 15) is 0 Å². The maximum atomic E-state index is 16.3. The minimum Gasteiger partial charge on any atom is -0.497 e. The predicted octanol–water partition coefficient (Wildman–Crippen LogP) is 10.5. The SMILES string of the molecule is COc1ccc2c3c(oc2c1)C(c1ccc(C)s1)(c1ccc(C)s1)c1oc2cc(OC)ccc2c1C1=C3C(F)(F)C(F)(F)C1(F)F. The van der Waals surface area contributed by atoms with Crippen LogP contribution in [0.1, 0.15) is 42.2 Å². The summed E-state index contributed by atoms with van der Waals surface area (Å²) in [6, 6.07) is 15.6. The average molecular weight is 673 g/mol. The summed E-state index contributed by atoms with van der Waals surface area (Å²) in [5.74, 6) is -16.3. The number of alkyl halides is 6. The number of fused-ring (bicyclic) bond motifs is 8. The van der Waals surface area contributed by atoms with E-state index in [2.05, 4.69) is 0 Å². The maximum Gasteiger partial charge on any atom is 0.380 e. The van der Waals surface area contributed by atoms with Crippen LogP contribution in [-0.2, 0) is 5.41 Å². The van der Waals surface area contributed by atoms with Gasteiger partial charge in [0, 0.05) is 64.7 Å². The van der Waals surface area contributed by atoms with Gasteiger partial charge in [-0.1, -0.05) is 0 Å². The van der Waals surface area contributed by atoms with E-state index in [1.807, 2.05) is 26.0 Å². The van der Waals surface area contributed by atoms with E-state index in [4.69, 9.17) is 18.3 Å². The molecule has 2 aliphatic carbocycles. The maximum absolute atomic E-state index is 16.3. The largest absolute Gasteiger partial charge is 0.497 e. The summed E-state index contributed by atoms with van der Waals surface area (Å²) in [6.07, 6.45) is 0. The van der Waals surface area contributed by atoms with Crippen molar-refractivity contribution < 1.29 is 44.7 Å². The molecular weight excluding hydrogens is 650 g/mol. The highest BCUT2D eigenvalue weighted by atomic mass is 32.1. The van der Waals surface area contributed by atoms with E-state index in [0.29, 0.717) is 21.3 Å². The third-order valence-electron chi connectivity index (χ3n) is 8.86. The van der Waals surface area contributed by atoms with Crippen LogP contribution in [0.25, 0.3) is 33.1 Å². The van der Waals surface area contributed by atoms with E-state index < -0.39 is 45.5 Å². The Morgan fingerprint density at radius 2 is 1.00 bits per heavy atom. The molecule has 0 saturated carbocycles. The van der Waals surface area contributed by atoms with Gasteiger partial charge in [0.1, 0.15) is 34.2 Å². The number of thiophene rings is 2. The fourth-order valence-corrected chi connectivity index (χ4v) is 8.97. The van der Waals surface area contributed by atoms with Crippen molar-refractivity contribution in [2.45, 2.75) is 37.0 Å². The summed E-state index contributed by atoms with van der Waals surface area (Å²) in [5, 5.41) is -0.0860. The molecule has 4 aromatic heterocycles. The monoisotopic (exact) mass is 672 g/mol. The highest BCUT2D eigenvalue weighted by Crippen LogP contribution is 2.70. The van der Waals surface area contributed by atoms with E-state index in [-0.39, 0.29) is 33.5 Å². The number of halogens is 6. The molecule has 6 aromatic rings. The molecule has 0 bridgehead atoms. The van der Waals surface area contributed by atoms with E-state index >= 15 is 26.3 Å². The molecule has 12 heteroatoms. The van der Waals surface area contributed by atoms with Gasteiger partial charge in [0.05, 0.1) is 14.2 Å². The lowest BCUT2D eigenvalue weighted by molar-refractivity contribution is -0.254. The highest BCUT2D eigenvalue weighted by molar-refractivity contribution is 7.14. The van der Waals surface area contributed by atoms with Gasteiger partial charge in [-0.25, -0.2) is 0 Å². The third kappa shape index (κ3) is 3.36. The summed E-state index contributed by atoms with van der Waals surface area (Å²) in [7, 11) is 2.79. The smallest absolute Gasteiger partial charge is 0.380 e. The Bertz CT molecular complexity index is 2110. The zero-order valence-corrected chi connectivity index (χ0v) is 26.1. The summed E-state index contributed by atoms with van der Waals surface area (Å²) in [6.45, 7) is 3.68. The zero-order chi connectivity index (χ0) is 32.6. The Morgan fingerprint density at radius 3 is 1.35 bits per heavy atom. The molecule has 0 radical (unpaired) electrons. The van der Waals surface area contributed by atoms with Gasteiger partial charge in [-0.3, -0.25) is 0 Å². The molecule has 2 aromatic carbocycles. The Labute approximate surface area is 265 Å². The second kappa shape index (κ2) is 9.22. The number of methoxy groups -OCH3 is 2. The standard InChI is InChI=1S/C34H22F6O4S2/c1-15-5-11-23(45-15)31(24-12-6-16(2)46-24)29-25(19-9-7-17(41-3)13-21(19)43-29)27-28(33(37,38)34(39,40)32(27,35)36)26-20-10-8-18(42-4)14-22(20)44-30(26)31/h5-14H,1-4H3. The number of hydrogen-bond donors (Lipinski definition) is 0. The van der Waals surface area contributed by atoms with E-state index in [0.717, 1.165) is 9.75 Å². The number of allylic oxidation sites excluding steroid dienone is 2. The van der Waals surface area contributed by atoms with Crippen LogP contribution in [0, 0.1) is 13.8 Å². The zero-order valence-electron chi connectivity index (χ0n) is 24.5. The molecule has 0 amide bonds. The van der Waals surface area contributed by atoms with Gasteiger partial charge < -0.3 is 18.3 Å². The first-order chi connectivity index (χ1) is 21.8. The molecule has 0 saturated heterocycles. The lowest BCUT2D eigenvalue weighted by atomic mass is 9.75. The molecule has 0 fully saturated rings. The number of ether oxygens (including phenoxy) is 2. The molecule has 236 valence electrons. The minimum atomic E-state index is -5.77. The lowest BCUT2D eigenvalue weighted by Gasteiger charge is -2.32. The molecule has 46 heavy (non-hydrogen) atoms. The summed E-state index contributed by atoms with van der Waals surface area (Å²) in [4.78, 5) is 2.67. The van der Waals surface area contributed by atoms with Crippen molar-refractivity contribution >= 4 is 55.8 Å². The summed E-state index contributed by atoms with van der Waals surface area (Å²) < 4.78 is 120. The Balaban J connectivity index is 1.69. The summed E-state index contributed by atoms with van der Waals surface area (Å²) in [5.41, 5.74) is -5.80. The van der Waals surface area contributed by atoms with Crippen LogP contribution in [0.5, 0.6) is 11.5 Å². The number of benzene rings is 2. The molecule has 0 unspecified atom stereocenters. The van der Waals surface area contributed by atoms with Crippen LogP contribution in [0.3, 0.4) is 0 Å². The van der Waals surface area contributed by atoms with Crippen LogP contribution < -0.4 is 9.47 Å². The van der Waals surface area contributed by atoms with Crippen LogP contribution in [0.4, 0.5) is 26.3 Å². The van der Waals surface area contributed by atoms with E-state index in [1.165, 1.54) is 73.3 Å². The van der Waals surface area contributed by atoms with Gasteiger partial charge in [0.15, 0.2) is 5.41 Å². The molecule has 0 atom stereocenters. The van der Waals surface area contributed by atoms with Crippen molar-refractivity contribution in [3.05, 3.63) is 103 Å². The van der Waals surface area contributed by atoms with Crippen molar-refractivity contribution in [2.24, 2.45) is 0 Å². The third-order valence-corrected chi connectivity index (χ3v) is 11.1. The lowest BCUT2D eigenvalue weighted by Crippen LogP contribution is -2.49. The van der Waals surface area contributed by atoms with Crippen LogP contribution in [0.15, 0.2) is 69.5 Å². The van der Waals surface area contributed by atoms with Crippen molar-refractivity contribution in [3.63, 3.8) is 0 Å². The Kier molecular flexibility index (Phi) is 5.87. The quantitative estimate of drug-likeness (QED) is 0.175. The van der Waals surface area contributed by atoms with Crippen molar-refractivity contribution in [2.75, 3.05) is 14.2 Å². The predicted molar refractivity (Wildman–Crippen MR) is 164 cm³/mol. The first kappa shape index (κ1) is 29.3. The van der Waals surface area contributed by atoms with Gasteiger partial charge in [-0.05, 0) is 62.4 Å². The Hall–Kier alpha value is -4.16. The van der Waals surface area contributed by atoms with E-state index in [1.54, 1.807) is 12.1 Å². The van der Waals surface area contributed by atoms with Crippen LogP contribution >= 0.6 is 22.7 Å². The minimum absolute atomic E-state index is 0.00214. The number of aryl methyl sites for hydroxylation is 2. The molecule has 8 rings (SSSR count). The normalized spacial score (nSPS) is 18.8. The van der Waals surface area contributed by atoms with Crippen LogP contribution in [-0.4, -0.2) is 32.0 Å². The highest BCUT2D eigenvalue weighted by Gasteiger charge is 2.82. The van der Waals surface area contributed by atoms with Gasteiger partial charge >= 0.3 is 17.8 Å².